The predicted octanol–water partition coefficient (Wildman–Crippen LogP) is 3.36. The lowest BCUT2D eigenvalue weighted by molar-refractivity contribution is 1.70. The van der Waals surface area contributed by atoms with E-state index in [4.69, 9.17) is 7.85 Å². The summed E-state index contributed by atoms with van der Waals surface area (Å²) < 4.78 is 1.29. The molecular formula is C14H9BS. The average molecular weight is 220 g/mol. The smallest absolute Gasteiger partial charge is 0.113 e. The van der Waals surface area contributed by atoms with E-state index in [1.165, 1.54) is 20.5 Å². The number of thiophene rings is 1. The van der Waals surface area contributed by atoms with E-state index in [9.17, 15) is 0 Å². The summed E-state index contributed by atoms with van der Waals surface area (Å²) in [4.78, 5) is 1.29. The zero-order valence-corrected chi connectivity index (χ0v) is 9.50. The van der Waals surface area contributed by atoms with E-state index in [0.29, 0.717) is 0 Å². The highest BCUT2D eigenvalue weighted by Crippen LogP contribution is 2.32. The van der Waals surface area contributed by atoms with Crippen molar-refractivity contribution in [3.05, 3.63) is 54.6 Å². The minimum absolute atomic E-state index is 0.824. The molecule has 74 valence electrons. The first kappa shape index (κ1) is 9.67. The van der Waals surface area contributed by atoms with Gasteiger partial charge in [-0.2, -0.15) is 0 Å². The number of benzene rings is 2. The van der Waals surface area contributed by atoms with Crippen LogP contribution in [0, 0.1) is 0 Å². The molecule has 0 spiro atoms. The zero-order chi connectivity index (χ0) is 11.0. The van der Waals surface area contributed by atoms with E-state index in [1.807, 2.05) is 18.2 Å². The van der Waals surface area contributed by atoms with Crippen molar-refractivity contribution in [2.75, 3.05) is 0 Å². The summed E-state index contributed by atoms with van der Waals surface area (Å²) in [5.41, 5.74) is 2.09. The molecule has 0 bridgehead atoms. The van der Waals surface area contributed by atoms with Crippen molar-refractivity contribution in [2.45, 2.75) is 0 Å². The molecule has 2 radical (unpaired) electrons. The Hall–Kier alpha value is -1.54. The minimum atomic E-state index is 0.824. The van der Waals surface area contributed by atoms with Gasteiger partial charge in [0.05, 0.1) is 0 Å². The Balaban J connectivity index is 2.19. The highest BCUT2D eigenvalue weighted by molar-refractivity contribution is 7.22. The quantitative estimate of drug-likeness (QED) is 0.551. The Labute approximate surface area is 100.0 Å². The lowest BCUT2D eigenvalue weighted by Crippen LogP contribution is -1.98. The normalized spacial score (nSPS) is 10.8. The van der Waals surface area contributed by atoms with Crippen LogP contribution in [0.3, 0.4) is 0 Å². The molecule has 0 fully saturated rings. The molecule has 0 atom stereocenters. The van der Waals surface area contributed by atoms with Crippen molar-refractivity contribution in [3.63, 3.8) is 0 Å². The molecule has 0 saturated heterocycles. The summed E-state index contributed by atoms with van der Waals surface area (Å²) in [6.45, 7) is 0. The third-order valence-corrected chi connectivity index (χ3v) is 3.76. The Morgan fingerprint density at radius 1 is 0.875 bits per heavy atom. The van der Waals surface area contributed by atoms with Crippen LogP contribution in [0.25, 0.3) is 20.5 Å². The molecule has 0 aliphatic carbocycles. The van der Waals surface area contributed by atoms with Crippen LogP contribution in [0.2, 0.25) is 0 Å². The fourth-order valence-electron chi connectivity index (χ4n) is 1.81. The van der Waals surface area contributed by atoms with Crippen LogP contribution < -0.4 is 5.46 Å². The van der Waals surface area contributed by atoms with Gasteiger partial charge in [0.2, 0.25) is 0 Å². The van der Waals surface area contributed by atoms with Crippen molar-refractivity contribution in [2.24, 2.45) is 0 Å². The standard InChI is InChI=1S/C14H9BS/c15-12-6-7-13-11(8-12)9-14(16-13)10-4-2-1-3-5-10/h1-9H. The SMILES string of the molecule is [B]c1ccc2sc(-c3ccccc3)cc2c1. The van der Waals surface area contributed by atoms with Gasteiger partial charge in [0.15, 0.2) is 0 Å². The highest BCUT2D eigenvalue weighted by atomic mass is 32.1. The maximum atomic E-state index is 5.78. The lowest BCUT2D eigenvalue weighted by atomic mass is 9.95. The third kappa shape index (κ3) is 1.65. The summed E-state index contributed by atoms with van der Waals surface area (Å²) in [6.07, 6.45) is 0. The Kier molecular flexibility index (Phi) is 2.30. The van der Waals surface area contributed by atoms with Crippen LogP contribution in [0.1, 0.15) is 0 Å². The van der Waals surface area contributed by atoms with Crippen molar-refractivity contribution < 1.29 is 0 Å². The fraction of sp³-hybridized carbons (Fsp3) is 0. The van der Waals surface area contributed by atoms with Gasteiger partial charge in [-0.25, -0.2) is 0 Å². The second-order valence-electron chi connectivity index (χ2n) is 3.77. The molecule has 0 amide bonds. The monoisotopic (exact) mass is 220 g/mol. The van der Waals surface area contributed by atoms with Gasteiger partial charge in [0.25, 0.3) is 0 Å². The van der Waals surface area contributed by atoms with Crippen molar-refractivity contribution in [1.82, 2.24) is 0 Å². The van der Waals surface area contributed by atoms with Gasteiger partial charge in [-0.05, 0) is 23.1 Å². The van der Waals surface area contributed by atoms with Gasteiger partial charge in [0, 0.05) is 9.58 Å². The first-order valence-electron chi connectivity index (χ1n) is 5.17. The van der Waals surface area contributed by atoms with Crippen molar-refractivity contribution >= 4 is 34.7 Å². The molecule has 0 N–H and O–H groups in total. The van der Waals surface area contributed by atoms with Gasteiger partial charge in [0.1, 0.15) is 7.85 Å². The largest absolute Gasteiger partial charge is 0.135 e. The number of hydrogen-bond acceptors (Lipinski definition) is 1. The first-order valence-corrected chi connectivity index (χ1v) is 5.99. The topological polar surface area (TPSA) is 0 Å². The van der Waals surface area contributed by atoms with Gasteiger partial charge >= 0.3 is 0 Å². The molecule has 1 aromatic heterocycles. The maximum Gasteiger partial charge on any atom is 0.113 e. The number of hydrogen-bond donors (Lipinski definition) is 0. The predicted molar refractivity (Wildman–Crippen MR) is 72.6 cm³/mol. The lowest BCUT2D eigenvalue weighted by Gasteiger charge is -1.93. The molecule has 3 rings (SSSR count). The van der Waals surface area contributed by atoms with Crippen LogP contribution in [0.15, 0.2) is 54.6 Å². The molecule has 1 heterocycles. The van der Waals surface area contributed by atoms with E-state index in [2.05, 4.69) is 36.4 Å². The van der Waals surface area contributed by atoms with Crippen LogP contribution in [0.4, 0.5) is 0 Å². The van der Waals surface area contributed by atoms with Crippen LogP contribution in [-0.4, -0.2) is 7.85 Å². The van der Waals surface area contributed by atoms with Gasteiger partial charge in [-0.1, -0.05) is 47.9 Å². The zero-order valence-electron chi connectivity index (χ0n) is 8.68. The molecule has 0 unspecified atom stereocenters. The first-order chi connectivity index (χ1) is 7.83. The van der Waals surface area contributed by atoms with E-state index in [1.54, 1.807) is 11.3 Å². The summed E-state index contributed by atoms with van der Waals surface area (Å²) in [5, 5.41) is 1.23. The molecule has 0 aliphatic rings. The molecule has 0 nitrogen and oxygen atoms in total. The average Bonchev–Trinajstić information content (AvgIpc) is 2.73. The summed E-state index contributed by atoms with van der Waals surface area (Å²) >= 11 is 1.80. The van der Waals surface area contributed by atoms with E-state index in [-0.39, 0.29) is 0 Å². The second-order valence-corrected chi connectivity index (χ2v) is 4.86. The number of fused-ring (bicyclic) bond motifs is 1. The molecule has 0 aliphatic heterocycles. The van der Waals surface area contributed by atoms with Crippen molar-refractivity contribution in [3.8, 4) is 10.4 Å². The van der Waals surface area contributed by atoms with Crippen LogP contribution in [-0.2, 0) is 0 Å². The molecular weight excluding hydrogens is 211 g/mol. The Morgan fingerprint density at radius 3 is 2.50 bits per heavy atom. The molecule has 2 aromatic carbocycles. The molecule has 3 aromatic rings. The summed E-state index contributed by atoms with van der Waals surface area (Å²) in [7, 11) is 5.78. The van der Waals surface area contributed by atoms with Gasteiger partial charge < -0.3 is 0 Å². The second kappa shape index (κ2) is 3.80. The third-order valence-electron chi connectivity index (χ3n) is 2.60. The van der Waals surface area contributed by atoms with E-state index < -0.39 is 0 Å². The van der Waals surface area contributed by atoms with E-state index >= 15 is 0 Å². The van der Waals surface area contributed by atoms with Gasteiger partial charge in [-0.3, -0.25) is 0 Å². The summed E-state index contributed by atoms with van der Waals surface area (Å²) in [6, 6.07) is 18.7. The molecule has 0 saturated carbocycles. The fourth-order valence-corrected chi connectivity index (χ4v) is 2.86. The highest BCUT2D eigenvalue weighted by Gasteiger charge is 2.03. The van der Waals surface area contributed by atoms with Crippen molar-refractivity contribution in [1.29, 1.82) is 0 Å². The van der Waals surface area contributed by atoms with Crippen LogP contribution >= 0.6 is 11.3 Å². The minimum Gasteiger partial charge on any atom is -0.135 e. The Bertz CT molecular complexity index is 626. The summed E-state index contributed by atoms with van der Waals surface area (Å²) in [5.74, 6) is 0. The number of rotatable bonds is 1. The molecule has 16 heavy (non-hydrogen) atoms. The maximum absolute atomic E-state index is 5.78. The van der Waals surface area contributed by atoms with E-state index in [0.717, 1.165) is 5.46 Å². The molecule has 2 heteroatoms. The van der Waals surface area contributed by atoms with Gasteiger partial charge in [-0.15, -0.1) is 11.3 Å². The van der Waals surface area contributed by atoms with Crippen LogP contribution in [0.5, 0.6) is 0 Å². The Morgan fingerprint density at radius 2 is 1.69 bits per heavy atom.